The van der Waals surface area contributed by atoms with Gasteiger partial charge in [-0.15, -0.1) is 0 Å². The summed E-state index contributed by atoms with van der Waals surface area (Å²) in [4.78, 5) is 22.1. The molecule has 0 atom stereocenters. The first-order chi connectivity index (χ1) is 9.22. The van der Waals surface area contributed by atoms with Gasteiger partial charge in [-0.2, -0.15) is 0 Å². The third-order valence-electron chi connectivity index (χ3n) is 2.42. The van der Waals surface area contributed by atoms with Crippen molar-refractivity contribution in [3.8, 4) is 5.75 Å². The Balaban J connectivity index is 2.11. The van der Waals surface area contributed by atoms with Gasteiger partial charge in [0.05, 0.1) is 7.11 Å². The summed E-state index contributed by atoms with van der Waals surface area (Å²) in [5.41, 5.74) is 0. The van der Waals surface area contributed by atoms with Crippen molar-refractivity contribution in [1.29, 1.82) is 0 Å². The van der Waals surface area contributed by atoms with E-state index in [1.165, 1.54) is 7.11 Å². The number of allylic oxidation sites excluding steroid dienone is 1. The van der Waals surface area contributed by atoms with Gasteiger partial charge in [-0.1, -0.05) is 30.4 Å². The molecule has 0 saturated carbocycles. The lowest BCUT2D eigenvalue weighted by molar-refractivity contribution is -0.143. The normalized spacial score (nSPS) is 10.4. The first-order valence-electron chi connectivity index (χ1n) is 6.13. The maximum Gasteiger partial charge on any atom is 0.313 e. The number of hydrogen-bond donors (Lipinski definition) is 0. The molecule has 0 saturated heterocycles. The fourth-order valence-electron chi connectivity index (χ4n) is 1.41. The minimum absolute atomic E-state index is 0.111. The highest BCUT2D eigenvalue weighted by Crippen LogP contribution is 2.08. The Labute approximate surface area is 113 Å². The topological polar surface area (TPSA) is 52.6 Å². The number of Topliss-reactive ketones (excluding diaryl/α,β-unsaturated/α-hetero) is 1. The van der Waals surface area contributed by atoms with Gasteiger partial charge in [-0.05, 0) is 18.6 Å². The summed E-state index contributed by atoms with van der Waals surface area (Å²) in [5.74, 6) is 0.218. The van der Waals surface area contributed by atoms with Crippen molar-refractivity contribution in [2.75, 3.05) is 13.7 Å². The number of benzene rings is 1. The van der Waals surface area contributed by atoms with Gasteiger partial charge >= 0.3 is 5.97 Å². The second-order valence-electron chi connectivity index (χ2n) is 3.93. The summed E-state index contributed by atoms with van der Waals surface area (Å²) in [6.45, 7) is 0.467. The average Bonchev–Trinajstić information content (AvgIpc) is 2.43. The predicted octanol–water partition coefficient (Wildman–Crippen LogP) is 2.53. The van der Waals surface area contributed by atoms with Crippen LogP contribution in [0.1, 0.15) is 19.3 Å². The van der Waals surface area contributed by atoms with Crippen molar-refractivity contribution in [3.05, 3.63) is 42.5 Å². The number of para-hydroxylation sites is 1. The van der Waals surface area contributed by atoms with Crippen LogP contribution in [0.5, 0.6) is 5.75 Å². The van der Waals surface area contributed by atoms with Gasteiger partial charge < -0.3 is 9.47 Å². The molecule has 1 aromatic carbocycles. The van der Waals surface area contributed by atoms with Crippen LogP contribution >= 0.6 is 0 Å². The quantitative estimate of drug-likeness (QED) is 0.410. The van der Waals surface area contributed by atoms with Gasteiger partial charge in [0.15, 0.2) is 0 Å². The van der Waals surface area contributed by atoms with Crippen LogP contribution in [0.3, 0.4) is 0 Å². The molecule has 0 unspecified atom stereocenters. The molecular formula is C15H18O4. The molecule has 0 aliphatic carbocycles. The molecule has 102 valence electrons. The van der Waals surface area contributed by atoms with E-state index in [1.54, 1.807) is 0 Å². The molecule has 0 radical (unpaired) electrons. The maximum atomic E-state index is 11.3. The van der Waals surface area contributed by atoms with E-state index in [-0.39, 0.29) is 12.2 Å². The van der Waals surface area contributed by atoms with E-state index in [9.17, 15) is 9.59 Å². The van der Waals surface area contributed by atoms with E-state index in [1.807, 2.05) is 42.5 Å². The number of ketones is 1. The lowest BCUT2D eigenvalue weighted by atomic mass is 10.1. The molecule has 0 bridgehead atoms. The molecule has 0 fully saturated rings. The Morgan fingerprint density at radius 3 is 2.58 bits per heavy atom. The van der Waals surface area contributed by atoms with Crippen molar-refractivity contribution in [2.45, 2.75) is 19.3 Å². The summed E-state index contributed by atoms with van der Waals surface area (Å²) in [6, 6.07) is 9.51. The van der Waals surface area contributed by atoms with Crippen molar-refractivity contribution >= 4 is 11.8 Å². The Kier molecular flexibility index (Phi) is 7.02. The zero-order chi connectivity index (χ0) is 13.9. The van der Waals surface area contributed by atoms with Crippen LogP contribution in [0.4, 0.5) is 0 Å². The van der Waals surface area contributed by atoms with Crippen LogP contribution in [0, 0.1) is 0 Å². The van der Waals surface area contributed by atoms with Gasteiger partial charge in [0.2, 0.25) is 0 Å². The van der Waals surface area contributed by atoms with Gasteiger partial charge in [0.1, 0.15) is 24.6 Å². The van der Waals surface area contributed by atoms with Crippen LogP contribution in [0.2, 0.25) is 0 Å². The third kappa shape index (κ3) is 7.03. The Morgan fingerprint density at radius 1 is 1.16 bits per heavy atom. The number of methoxy groups -OCH3 is 1. The molecule has 19 heavy (non-hydrogen) atoms. The lowest BCUT2D eigenvalue weighted by Gasteiger charge is -2.01. The predicted molar refractivity (Wildman–Crippen MR) is 72.0 cm³/mol. The van der Waals surface area contributed by atoms with Crippen LogP contribution < -0.4 is 4.74 Å². The maximum absolute atomic E-state index is 11.3. The van der Waals surface area contributed by atoms with E-state index in [2.05, 4.69) is 4.74 Å². The van der Waals surface area contributed by atoms with E-state index < -0.39 is 5.97 Å². The van der Waals surface area contributed by atoms with Gasteiger partial charge in [-0.25, -0.2) is 0 Å². The molecule has 0 aliphatic rings. The number of carbonyl (C=O) groups excluding carboxylic acids is 2. The molecule has 4 nitrogen and oxygen atoms in total. The fraction of sp³-hybridized carbons (Fsp3) is 0.333. The lowest BCUT2D eigenvalue weighted by Crippen LogP contribution is -2.08. The molecule has 0 spiro atoms. The molecule has 0 N–H and O–H groups in total. The molecule has 0 aromatic heterocycles. The highest BCUT2D eigenvalue weighted by atomic mass is 16.5. The number of rotatable bonds is 8. The van der Waals surface area contributed by atoms with Crippen molar-refractivity contribution in [3.63, 3.8) is 0 Å². The van der Waals surface area contributed by atoms with Gasteiger partial charge in [0, 0.05) is 6.42 Å². The van der Waals surface area contributed by atoms with Crippen LogP contribution in [0.25, 0.3) is 0 Å². The molecule has 0 amide bonds. The summed E-state index contributed by atoms with van der Waals surface area (Å²) in [5, 5.41) is 0. The first kappa shape index (κ1) is 15.0. The largest absolute Gasteiger partial charge is 0.490 e. The van der Waals surface area contributed by atoms with Crippen LogP contribution in [0.15, 0.2) is 42.5 Å². The van der Waals surface area contributed by atoms with Crippen LogP contribution in [-0.4, -0.2) is 25.5 Å². The zero-order valence-corrected chi connectivity index (χ0v) is 11.0. The molecule has 0 aliphatic heterocycles. The summed E-state index contributed by atoms with van der Waals surface area (Å²) >= 11 is 0. The standard InChI is InChI=1S/C15H18O4/c1-18-15(17)12-13(16)8-4-3-7-11-19-14-9-5-2-6-10-14/h2-3,5-7,9-10H,4,8,11-12H2,1H3/b7-3-. The summed E-state index contributed by atoms with van der Waals surface area (Å²) in [7, 11) is 1.27. The Hall–Kier alpha value is -2.10. The first-order valence-corrected chi connectivity index (χ1v) is 6.13. The van der Waals surface area contributed by atoms with E-state index in [4.69, 9.17) is 4.74 Å². The number of ether oxygens (including phenoxy) is 2. The molecule has 4 heteroatoms. The molecule has 1 rings (SSSR count). The van der Waals surface area contributed by atoms with E-state index >= 15 is 0 Å². The Bertz CT molecular complexity index is 423. The van der Waals surface area contributed by atoms with Crippen molar-refractivity contribution < 1.29 is 19.1 Å². The highest BCUT2D eigenvalue weighted by molar-refractivity contribution is 5.95. The third-order valence-corrected chi connectivity index (χ3v) is 2.42. The summed E-state index contributed by atoms with van der Waals surface area (Å²) < 4.78 is 9.87. The summed E-state index contributed by atoms with van der Waals surface area (Å²) in [6.07, 6.45) is 4.53. The Morgan fingerprint density at radius 2 is 1.89 bits per heavy atom. The minimum Gasteiger partial charge on any atom is -0.490 e. The van der Waals surface area contributed by atoms with Crippen molar-refractivity contribution in [2.24, 2.45) is 0 Å². The molecular weight excluding hydrogens is 244 g/mol. The van der Waals surface area contributed by atoms with E-state index in [0.29, 0.717) is 19.4 Å². The average molecular weight is 262 g/mol. The fourth-order valence-corrected chi connectivity index (χ4v) is 1.41. The number of carbonyl (C=O) groups is 2. The molecule has 1 aromatic rings. The second kappa shape index (κ2) is 8.91. The second-order valence-corrected chi connectivity index (χ2v) is 3.93. The number of hydrogen-bond acceptors (Lipinski definition) is 4. The van der Waals surface area contributed by atoms with Gasteiger partial charge in [-0.3, -0.25) is 9.59 Å². The molecule has 0 heterocycles. The smallest absolute Gasteiger partial charge is 0.313 e. The van der Waals surface area contributed by atoms with Gasteiger partial charge in [0.25, 0.3) is 0 Å². The number of esters is 1. The monoisotopic (exact) mass is 262 g/mol. The highest BCUT2D eigenvalue weighted by Gasteiger charge is 2.07. The van der Waals surface area contributed by atoms with E-state index in [0.717, 1.165) is 5.75 Å². The van der Waals surface area contributed by atoms with Crippen molar-refractivity contribution in [1.82, 2.24) is 0 Å². The van der Waals surface area contributed by atoms with Crippen LogP contribution in [-0.2, 0) is 14.3 Å². The zero-order valence-electron chi connectivity index (χ0n) is 11.0. The minimum atomic E-state index is -0.485. The SMILES string of the molecule is COC(=O)CC(=O)CC/C=C\COc1ccccc1.